The third-order valence-corrected chi connectivity index (χ3v) is 4.79. The zero-order chi connectivity index (χ0) is 20.4. The monoisotopic (exact) mass is 391 g/mol. The van der Waals surface area contributed by atoms with E-state index in [1.165, 1.54) is 6.33 Å². The smallest absolute Gasteiger partial charge is 0.174 e. The van der Waals surface area contributed by atoms with Gasteiger partial charge in [0, 0.05) is 24.1 Å². The molecular weight excluding hydrogens is 370 g/mol. The summed E-state index contributed by atoms with van der Waals surface area (Å²) in [5.41, 5.74) is 6.60. The van der Waals surface area contributed by atoms with E-state index in [0.29, 0.717) is 23.1 Å². The molecule has 8 heteroatoms. The molecule has 4 rings (SSSR count). The van der Waals surface area contributed by atoms with Crippen LogP contribution in [0, 0.1) is 0 Å². The topological polar surface area (TPSA) is 82.8 Å². The van der Waals surface area contributed by atoms with Crippen molar-refractivity contribution < 1.29 is 14.2 Å². The Bertz CT molecular complexity index is 1220. The molecular formula is C21H21N5O3. The molecule has 0 unspecified atom stereocenters. The van der Waals surface area contributed by atoms with Gasteiger partial charge in [0.15, 0.2) is 17.3 Å². The van der Waals surface area contributed by atoms with E-state index in [4.69, 9.17) is 14.2 Å². The summed E-state index contributed by atoms with van der Waals surface area (Å²) < 4.78 is 18.2. The van der Waals surface area contributed by atoms with Crippen LogP contribution in [0.15, 0.2) is 47.8 Å². The molecule has 0 radical (unpaired) electrons. The number of methoxy groups -OCH3 is 3. The predicted molar refractivity (Wildman–Crippen MR) is 113 cm³/mol. The van der Waals surface area contributed by atoms with Crippen LogP contribution in [0.3, 0.4) is 0 Å². The fourth-order valence-electron chi connectivity index (χ4n) is 3.38. The van der Waals surface area contributed by atoms with E-state index in [0.717, 1.165) is 27.5 Å². The fraction of sp³-hybridized carbons (Fsp3) is 0.190. The van der Waals surface area contributed by atoms with Gasteiger partial charge in [-0.25, -0.2) is 9.97 Å². The van der Waals surface area contributed by atoms with Crippen molar-refractivity contribution in [3.8, 4) is 17.2 Å². The standard InChI is InChI=1S/C21H21N5O3/c1-26-15-8-6-5-7-14(15)19-20(26)21(23-12-22-19)25-24-11-13-9-17(28-3)18(29-4)10-16(13)27-2/h5-12H,1-4H3,(H,22,23,25). The molecule has 4 aromatic rings. The average molecular weight is 391 g/mol. The fourth-order valence-corrected chi connectivity index (χ4v) is 3.38. The van der Waals surface area contributed by atoms with E-state index in [9.17, 15) is 0 Å². The number of nitrogens with zero attached hydrogens (tertiary/aromatic N) is 4. The first-order valence-electron chi connectivity index (χ1n) is 8.95. The summed E-state index contributed by atoms with van der Waals surface area (Å²) in [6.45, 7) is 0. The van der Waals surface area contributed by atoms with Gasteiger partial charge in [-0.15, -0.1) is 0 Å². The lowest BCUT2D eigenvalue weighted by Gasteiger charge is -2.11. The van der Waals surface area contributed by atoms with Crippen LogP contribution in [0.1, 0.15) is 5.56 Å². The van der Waals surface area contributed by atoms with Gasteiger partial charge in [-0.3, -0.25) is 5.43 Å². The number of fused-ring (bicyclic) bond motifs is 3. The van der Waals surface area contributed by atoms with Crippen molar-refractivity contribution in [2.75, 3.05) is 26.8 Å². The zero-order valence-electron chi connectivity index (χ0n) is 16.6. The minimum absolute atomic E-state index is 0.586. The lowest BCUT2D eigenvalue weighted by molar-refractivity contribution is 0.349. The number of aromatic nitrogens is 3. The SMILES string of the molecule is COc1cc(OC)c(OC)cc1C=NNc1ncnc2c3ccccc3n(C)c12. The lowest BCUT2D eigenvalue weighted by atomic mass is 10.2. The first kappa shape index (κ1) is 18.5. The number of para-hydroxylation sites is 1. The van der Waals surface area contributed by atoms with Crippen LogP contribution < -0.4 is 19.6 Å². The van der Waals surface area contributed by atoms with Gasteiger partial charge in [0.05, 0.1) is 33.1 Å². The summed E-state index contributed by atoms with van der Waals surface area (Å²) in [7, 11) is 6.74. The third-order valence-electron chi connectivity index (χ3n) is 4.79. The highest BCUT2D eigenvalue weighted by Crippen LogP contribution is 2.34. The first-order valence-corrected chi connectivity index (χ1v) is 8.95. The van der Waals surface area contributed by atoms with Crippen molar-refractivity contribution in [1.29, 1.82) is 0 Å². The summed E-state index contributed by atoms with van der Waals surface area (Å²) >= 11 is 0. The second-order valence-electron chi connectivity index (χ2n) is 6.31. The van der Waals surface area contributed by atoms with E-state index < -0.39 is 0 Å². The molecule has 0 aliphatic rings. The maximum Gasteiger partial charge on any atom is 0.174 e. The quantitative estimate of drug-likeness (QED) is 0.399. The maximum absolute atomic E-state index is 5.44. The molecule has 0 aliphatic carbocycles. The molecule has 0 atom stereocenters. The van der Waals surface area contributed by atoms with Crippen LogP contribution in [0.2, 0.25) is 0 Å². The number of anilines is 1. The van der Waals surface area contributed by atoms with Crippen molar-refractivity contribution in [2.45, 2.75) is 0 Å². The second-order valence-corrected chi connectivity index (χ2v) is 6.31. The van der Waals surface area contributed by atoms with Gasteiger partial charge in [-0.1, -0.05) is 18.2 Å². The Balaban J connectivity index is 1.71. The van der Waals surface area contributed by atoms with Gasteiger partial charge < -0.3 is 18.8 Å². The summed E-state index contributed by atoms with van der Waals surface area (Å²) in [6, 6.07) is 11.7. The molecule has 0 fully saturated rings. The molecule has 0 bridgehead atoms. The van der Waals surface area contributed by atoms with Gasteiger partial charge in [-0.2, -0.15) is 5.10 Å². The third kappa shape index (κ3) is 3.18. The molecule has 2 heterocycles. The minimum atomic E-state index is 0.586. The van der Waals surface area contributed by atoms with Crippen LogP contribution >= 0.6 is 0 Å². The highest BCUT2D eigenvalue weighted by Gasteiger charge is 2.14. The van der Waals surface area contributed by atoms with Crippen LogP contribution in [-0.4, -0.2) is 42.1 Å². The van der Waals surface area contributed by atoms with Crippen LogP contribution in [0.5, 0.6) is 17.2 Å². The number of rotatable bonds is 6. The summed E-state index contributed by atoms with van der Waals surface area (Å²) in [5, 5.41) is 5.43. The Kier molecular flexibility index (Phi) is 4.90. The minimum Gasteiger partial charge on any atom is -0.496 e. The van der Waals surface area contributed by atoms with Crippen molar-refractivity contribution in [3.05, 3.63) is 48.3 Å². The Morgan fingerprint density at radius 3 is 2.45 bits per heavy atom. The summed E-state index contributed by atoms with van der Waals surface area (Å²) in [5.74, 6) is 2.41. The van der Waals surface area contributed by atoms with Gasteiger partial charge >= 0.3 is 0 Å². The number of ether oxygens (including phenoxy) is 3. The molecule has 29 heavy (non-hydrogen) atoms. The molecule has 0 spiro atoms. The van der Waals surface area contributed by atoms with Gasteiger partial charge in [0.1, 0.15) is 23.1 Å². The van der Waals surface area contributed by atoms with E-state index in [1.807, 2.05) is 25.2 Å². The second kappa shape index (κ2) is 7.67. The molecule has 0 amide bonds. The molecule has 0 saturated carbocycles. The normalized spacial score (nSPS) is 11.3. The van der Waals surface area contributed by atoms with Crippen molar-refractivity contribution in [1.82, 2.24) is 14.5 Å². The van der Waals surface area contributed by atoms with Gasteiger partial charge in [0.25, 0.3) is 0 Å². The van der Waals surface area contributed by atoms with Crippen molar-refractivity contribution in [2.24, 2.45) is 12.1 Å². The number of hydrogen-bond donors (Lipinski definition) is 1. The summed E-state index contributed by atoms with van der Waals surface area (Å²) in [6.07, 6.45) is 3.18. The Hall–Kier alpha value is -3.81. The Morgan fingerprint density at radius 2 is 1.69 bits per heavy atom. The van der Waals surface area contributed by atoms with Crippen molar-refractivity contribution >= 4 is 34.0 Å². The highest BCUT2D eigenvalue weighted by atomic mass is 16.5. The molecule has 2 aromatic heterocycles. The van der Waals surface area contributed by atoms with E-state index in [-0.39, 0.29) is 0 Å². The van der Waals surface area contributed by atoms with Crippen LogP contribution in [-0.2, 0) is 7.05 Å². The number of nitrogens with one attached hydrogen (secondary N) is 1. The molecule has 0 aliphatic heterocycles. The highest BCUT2D eigenvalue weighted by molar-refractivity contribution is 6.08. The summed E-state index contributed by atoms with van der Waals surface area (Å²) in [4.78, 5) is 8.82. The maximum atomic E-state index is 5.44. The largest absolute Gasteiger partial charge is 0.496 e. The van der Waals surface area contributed by atoms with E-state index >= 15 is 0 Å². The van der Waals surface area contributed by atoms with Crippen molar-refractivity contribution in [3.63, 3.8) is 0 Å². The molecule has 1 N–H and O–H groups in total. The van der Waals surface area contributed by atoms with Crippen LogP contribution in [0.25, 0.3) is 21.9 Å². The molecule has 0 saturated heterocycles. The lowest BCUT2D eigenvalue weighted by Crippen LogP contribution is -2.00. The Morgan fingerprint density at radius 1 is 0.966 bits per heavy atom. The molecule has 148 valence electrons. The van der Waals surface area contributed by atoms with E-state index in [2.05, 4.69) is 31.1 Å². The number of benzene rings is 2. The molecule has 2 aromatic carbocycles. The number of hydrogen-bond acceptors (Lipinski definition) is 7. The number of hydrazone groups is 1. The number of aryl methyl sites for hydroxylation is 1. The average Bonchev–Trinajstić information content (AvgIpc) is 3.06. The van der Waals surface area contributed by atoms with Gasteiger partial charge in [-0.05, 0) is 12.1 Å². The van der Waals surface area contributed by atoms with Gasteiger partial charge in [0.2, 0.25) is 0 Å². The molecule has 8 nitrogen and oxygen atoms in total. The predicted octanol–water partition coefficient (Wildman–Crippen LogP) is 3.59. The van der Waals surface area contributed by atoms with Crippen LogP contribution in [0.4, 0.5) is 5.82 Å². The first-order chi connectivity index (χ1) is 14.2. The van der Waals surface area contributed by atoms with E-state index in [1.54, 1.807) is 39.7 Å². The Labute approximate surface area is 167 Å². The zero-order valence-corrected chi connectivity index (χ0v) is 16.6.